The zero-order valence-electron chi connectivity index (χ0n) is 12.1. The predicted octanol–water partition coefficient (Wildman–Crippen LogP) is 3.41. The van der Waals surface area contributed by atoms with Crippen molar-refractivity contribution in [2.45, 2.75) is 25.7 Å². The number of nitrogens with zero attached hydrogens (tertiary/aromatic N) is 1. The molecule has 1 aromatic rings. The molecule has 0 radical (unpaired) electrons. The van der Waals surface area contributed by atoms with E-state index in [0.717, 1.165) is 0 Å². The van der Waals surface area contributed by atoms with Gasteiger partial charge >= 0.3 is 0 Å². The number of benzene rings is 1. The number of halogens is 2. The van der Waals surface area contributed by atoms with Gasteiger partial charge < -0.3 is 4.90 Å². The fraction of sp³-hybridized carbons (Fsp3) is 0.500. The lowest BCUT2D eigenvalue weighted by Crippen LogP contribution is -2.29. The zero-order chi connectivity index (χ0) is 15.9. The topological polar surface area (TPSA) is 54.5 Å². The minimum atomic E-state index is -3.89. The molecule has 1 aliphatic heterocycles. The Morgan fingerprint density at radius 1 is 1.29 bits per heavy atom. The van der Waals surface area contributed by atoms with Crippen LogP contribution in [0.3, 0.4) is 0 Å². The number of carbonyl (C=O) groups is 1. The summed E-state index contributed by atoms with van der Waals surface area (Å²) in [5, 5.41) is 0. The molecular formula is C14H17BrClNO3S. The van der Waals surface area contributed by atoms with E-state index in [1.165, 1.54) is 6.07 Å². The number of amides is 1. The van der Waals surface area contributed by atoms with Gasteiger partial charge in [0.05, 0.1) is 4.90 Å². The summed E-state index contributed by atoms with van der Waals surface area (Å²) in [5.74, 6) is 0.728. The highest BCUT2D eigenvalue weighted by Gasteiger charge is 2.30. The molecule has 21 heavy (non-hydrogen) atoms. The Morgan fingerprint density at radius 3 is 2.29 bits per heavy atom. The van der Waals surface area contributed by atoms with Crippen LogP contribution in [0.15, 0.2) is 21.5 Å². The molecule has 1 saturated heterocycles. The lowest BCUT2D eigenvalue weighted by atomic mass is 10.0. The molecule has 2 unspecified atom stereocenters. The first-order valence-electron chi connectivity index (χ1n) is 6.65. The van der Waals surface area contributed by atoms with E-state index in [0.29, 0.717) is 40.5 Å². The molecule has 0 N–H and O–H groups in total. The van der Waals surface area contributed by atoms with Gasteiger partial charge in [-0.05, 0) is 36.5 Å². The highest BCUT2D eigenvalue weighted by atomic mass is 79.9. The van der Waals surface area contributed by atoms with Crippen LogP contribution in [0.2, 0.25) is 0 Å². The van der Waals surface area contributed by atoms with Crippen molar-refractivity contribution in [1.29, 1.82) is 0 Å². The standard InChI is InChI=1S/C14H17BrClNO3S/c1-8-6-17(7-9(8)2)14(18)11-4-12(15)10(3)13(5-11)21(16,19)20/h4-5,8-9H,6-7H2,1-3H3. The Kier molecular flexibility index (Phi) is 4.71. The van der Waals surface area contributed by atoms with E-state index < -0.39 is 9.05 Å². The van der Waals surface area contributed by atoms with Crippen molar-refractivity contribution in [2.24, 2.45) is 11.8 Å². The second-order valence-corrected chi connectivity index (χ2v) is 9.07. The van der Waals surface area contributed by atoms with Crippen LogP contribution in [0.5, 0.6) is 0 Å². The van der Waals surface area contributed by atoms with Crippen LogP contribution in [0.4, 0.5) is 0 Å². The Morgan fingerprint density at radius 2 is 1.81 bits per heavy atom. The lowest BCUT2D eigenvalue weighted by Gasteiger charge is -2.17. The van der Waals surface area contributed by atoms with Gasteiger partial charge in [0.25, 0.3) is 15.0 Å². The fourth-order valence-electron chi connectivity index (χ4n) is 2.51. The van der Waals surface area contributed by atoms with E-state index in [4.69, 9.17) is 10.7 Å². The van der Waals surface area contributed by atoms with Crippen molar-refractivity contribution >= 4 is 41.6 Å². The Bertz CT molecular complexity index is 680. The van der Waals surface area contributed by atoms with Crippen LogP contribution in [0, 0.1) is 18.8 Å². The summed E-state index contributed by atoms with van der Waals surface area (Å²) in [7, 11) is 1.56. The summed E-state index contributed by atoms with van der Waals surface area (Å²) in [6.45, 7) is 7.24. The lowest BCUT2D eigenvalue weighted by molar-refractivity contribution is 0.0784. The molecule has 4 nitrogen and oxygen atoms in total. The molecular weight excluding hydrogens is 378 g/mol. The van der Waals surface area contributed by atoms with Crippen molar-refractivity contribution in [3.8, 4) is 0 Å². The van der Waals surface area contributed by atoms with E-state index >= 15 is 0 Å². The average Bonchev–Trinajstić information content (AvgIpc) is 2.70. The predicted molar refractivity (Wildman–Crippen MR) is 86.1 cm³/mol. The second kappa shape index (κ2) is 5.89. The first kappa shape index (κ1) is 16.8. The molecule has 0 aromatic heterocycles. The largest absolute Gasteiger partial charge is 0.338 e. The number of hydrogen-bond acceptors (Lipinski definition) is 3. The van der Waals surface area contributed by atoms with Crippen LogP contribution in [-0.4, -0.2) is 32.3 Å². The van der Waals surface area contributed by atoms with Crippen molar-refractivity contribution < 1.29 is 13.2 Å². The summed E-state index contributed by atoms with van der Waals surface area (Å²) in [6.07, 6.45) is 0. The third-order valence-electron chi connectivity index (χ3n) is 4.08. The molecule has 0 spiro atoms. The maximum Gasteiger partial charge on any atom is 0.261 e. The zero-order valence-corrected chi connectivity index (χ0v) is 15.2. The van der Waals surface area contributed by atoms with E-state index in [-0.39, 0.29) is 10.8 Å². The van der Waals surface area contributed by atoms with Gasteiger partial charge in [0.2, 0.25) is 0 Å². The van der Waals surface area contributed by atoms with E-state index in [9.17, 15) is 13.2 Å². The molecule has 0 aliphatic carbocycles. The van der Waals surface area contributed by atoms with Gasteiger partial charge in [0.15, 0.2) is 0 Å². The molecule has 1 heterocycles. The summed E-state index contributed by atoms with van der Waals surface area (Å²) in [5.41, 5.74) is 0.845. The molecule has 2 atom stereocenters. The quantitative estimate of drug-likeness (QED) is 0.722. The SMILES string of the molecule is Cc1c(Br)cc(C(=O)N2CC(C)C(C)C2)cc1S(=O)(=O)Cl. The van der Waals surface area contributed by atoms with Crippen molar-refractivity contribution in [3.63, 3.8) is 0 Å². The van der Waals surface area contributed by atoms with Gasteiger partial charge in [0, 0.05) is 33.8 Å². The molecule has 0 saturated carbocycles. The highest BCUT2D eigenvalue weighted by molar-refractivity contribution is 9.10. The van der Waals surface area contributed by atoms with E-state index in [1.54, 1.807) is 17.9 Å². The maximum absolute atomic E-state index is 12.5. The molecule has 1 aromatic carbocycles. The van der Waals surface area contributed by atoms with Crippen LogP contribution < -0.4 is 0 Å². The fourth-order valence-corrected chi connectivity index (χ4v) is 4.32. The Hall–Kier alpha value is -0.590. The van der Waals surface area contributed by atoms with Crippen molar-refractivity contribution in [2.75, 3.05) is 13.1 Å². The third kappa shape index (κ3) is 3.43. The summed E-state index contributed by atoms with van der Waals surface area (Å²) >= 11 is 3.30. The maximum atomic E-state index is 12.5. The molecule has 1 amide bonds. The van der Waals surface area contributed by atoms with Gasteiger partial charge in [-0.1, -0.05) is 29.8 Å². The summed E-state index contributed by atoms with van der Waals surface area (Å²) in [4.78, 5) is 14.3. The van der Waals surface area contributed by atoms with Crippen LogP contribution in [0.1, 0.15) is 29.8 Å². The summed E-state index contributed by atoms with van der Waals surface area (Å²) < 4.78 is 23.8. The monoisotopic (exact) mass is 393 g/mol. The number of rotatable bonds is 2. The first-order valence-corrected chi connectivity index (χ1v) is 9.75. The van der Waals surface area contributed by atoms with Gasteiger partial charge in [0.1, 0.15) is 0 Å². The van der Waals surface area contributed by atoms with Gasteiger partial charge in [-0.2, -0.15) is 0 Å². The van der Waals surface area contributed by atoms with Crippen LogP contribution >= 0.6 is 26.6 Å². The highest BCUT2D eigenvalue weighted by Crippen LogP contribution is 2.30. The second-order valence-electron chi connectivity index (χ2n) is 5.68. The van der Waals surface area contributed by atoms with Crippen LogP contribution in [-0.2, 0) is 9.05 Å². The van der Waals surface area contributed by atoms with Crippen LogP contribution in [0.25, 0.3) is 0 Å². The van der Waals surface area contributed by atoms with Crippen molar-refractivity contribution in [3.05, 3.63) is 27.7 Å². The minimum absolute atomic E-state index is 0.0258. The number of likely N-dealkylation sites (tertiary alicyclic amines) is 1. The molecule has 7 heteroatoms. The Balaban J connectivity index is 2.42. The van der Waals surface area contributed by atoms with E-state index in [2.05, 4.69) is 29.8 Å². The first-order chi connectivity index (χ1) is 9.61. The van der Waals surface area contributed by atoms with Gasteiger partial charge in [-0.3, -0.25) is 4.79 Å². The molecule has 1 fully saturated rings. The number of carbonyl (C=O) groups excluding carboxylic acids is 1. The van der Waals surface area contributed by atoms with Crippen molar-refractivity contribution in [1.82, 2.24) is 4.90 Å². The summed E-state index contributed by atoms with van der Waals surface area (Å²) in [6, 6.07) is 3.01. The molecule has 2 rings (SSSR count). The third-order valence-corrected chi connectivity index (χ3v) is 6.35. The minimum Gasteiger partial charge on any atom is -0.338 e. The molecule has 1 aliphatic rings. The van der Waals surface area contributed by atoms with E-state index in [1.807, 2.05) is 0 Å². The Labute approximate surface area is 138 Å². The molecule has 0 bridgehead atoms. The smallest absolute Gasteiger partial charge is 0.261 e. The van der Waals surface area contributed by atoms with Gasteiger partial charge in [-0.25, -0.2) is 8.42 Å². The van der Waals surface area contributed by atoms with Gasteiger partial charge in [-0.15, -0.1) is 0 Å². The number of hydrogen-bond donors (Lipinski definition) is 0. The normalized spacial score (nSPS) is 22.6. The molecule has 116 valence electrons. The average molecular weight is 395 g/mol.